The Balaban J connectivity index is -0.00000000167. The van der Waals surface area contributed by atoms with Crippen molar-refractivity contribution in [2.45, 2.75) is 4.94 Å². The Morgan fingerprint density at radius 1 is 0.800 bits per heavy atom. The normalized spacial score (nSPS) is 1.40. The zero-order valence-corrected chi connectivity index (χ0v) is 12.0. The van der Waals surface area contributed by atoms with Gasteiger partial charge in [0.1, 0.15) is 0 Å². The Labute approximate surface area is 97.4 Å². The summed E-state index contributed by atoms with van der Waals surface area (Å²) in [4.78, 5) is 2.09. The van der Waals surface area contributed by atoms with Crippen LogP contribution >= 0.6 is 0 Å². The van der Waals surface area contributed by atoms with Crippen LogP contribution in [0.5, 0.6) is 0 Å². The second-order valence-corrected chi connectivity index (χ2v) is 0. The third kappa shape index (κ3) is 19.5. The van der Waals surface area contributed by atoms with Gasteiger partial charge in [-0.2, -0.15) is 0 Å². The molecule has 0 aliphatic heterocycles. The quantitative estimate of drug-likeness (QED) is 0.223. The van der Waals surface area contributed by atoms with Gasteiger partial charge in [-0.05, 0) is 0 Å². The van der Waals surface area contributed by atoms with Crippen molar-refractivity contribution in [2.75, 3.05) is 0 Å². The fraction of sp³-hybridized carbons (Fsp3) is 1.00. The Bertz CT molecular complexity index is 6.85. The first-order chi connectivity index (χ1) is 1.00. The van der Waals surface area contributed by atoms with Crippen LogP contribution in [-0.2, 0) is 0 Å². The summed E-state index contributed by atoms with van der Waals surface area (Å²) in [6.07, 6.45) is 0. The molecular weight excluding hydrogens is 511 g/mol. The van der Waals surface area contributed by atoms with Crippen LogP contribution in [0.2, 0.25) is 4.94 Å². The number of hydrogen-bond acceptors (Lipinski definition) is 0. The summed E-state index contributed by atoms with van der Waals surface area (Å²) in [6, 6.07) is 0. The SMILES string of the molecule is [CH3][Sn+3].[I-].[I-].[I-]. The molecule has 32 valence electrons. The largest absolute Gasteiger partial charge is 1.00 e. The fourth-order valence-electron chi connectivity index (χ4n) is 0. The van der Waals surface area contributed by atoms with Gasteiger partial charge in [-0.15, -0.1) is 0 Å². The Morgan fingerprint density at radius 2 is 0.800 bits per heavy atom. The molecule has 0 aromatic rings. The maximum atomic E-state index is 2.09. The van der Waals surface area contributed by atoms with Gasteiger partial charge in [-0.3, -0.25) is 0 Å². The van der Waals surface area contributed by atoms with E-state index in [1.54, 1.807) is 22.5 Å². The summed E-state index contributed by atoms with van der Waals surface area (Å²) in [5.41, 5.74) is 0. The Kier molecular flexibility index (Phi) is 138. The third-order valence-corrected chi connectivity index (χ3v) is 0. The van der Waals surface area contributed by atoms with Crippen molar-refractivity contribution in [3.8, 4) is 0 Å². The maximum Gasteiger partial charge on any atom is -1.00 e. The first-order valence-corrected chi connectivity index (χ1v) is 3.35. The first-order valence-electron chi connectivity index (χ1n) is 0.500. The van der Waals surface area contributed by atoms with Gasteiger partial charge in [-0.25, -0.2) is 0 Å². The van der Waals surface area contributed by atoms with Crippen molar-refractivity contribution in [3.05, 3.63) is 0 Å². The van der Waals surface area contributed by atoms with Gasteiger partial charge in [0.05, 0.1) is 0 Å². The fourth-order valence-corrected chi connectivity index (χ4v) is 0. The summed E-state index contributed by atoms with van der Waals surface area (Å²) < 4.78 is 0. The zero-order chi connectivity index (χ0) is 2.00. The Hall–Kier alpha value is 2.99. The molecule has 0 heterocycles. The molecule has 0 saturated carbocycles. The monoisotopic (exact) mass is 516 g/mol. The van der Waals surface area contributed by atoms with Crippen LogP contribution in [0.4, 0.5) is 0 Å². The number of hydrogen-bond donors (Lipinski definition) is 0. The number of rotatable bonds is 0. The van der Waals surface area contributed by atoms with E-state index >= 15 is 0 Å². The molecule has 0 nitrogen and oxygen atoms in total. The van der Waals surface area contributed by atoms with E-state index in [0.717, 1.165) is 0 Å². The zero-order valence-electron chi connectivity index (χ0n) is 2.63. The predicted octanol–water partition coefficient (Wildman–Crippen LogP) is -8.79. The second-order valence-electron chi connectivity index (χ2n) is 0. The molecule has 0 bridgehead atoms. The first kappa shape index (κ1) is 24.5. The van der Waals surface area contributed by atoms with Crippen LogP contribution in [0.15, 0.2) is 0 Å². The molecule has 4 heteroatoms. The summed E-state index contributed by atoms with van der Waals surface area (Å²) in [5, 5.41) is 0. The van der Waals surface area contributed by atoms with Crippen LogP contribution in [0, 0.1) is 0 Å². The maximum absolute atomic E-state index is 2.09. The van der Waals surface area contributed by atoms with E-state index < -0.39 is 0 Å². The topological polar surface area (TPSA) is 0 Å². The summed E-state index contributed by atoms with van der Waals surface area (Å²) in [7, 11) is 0. The molecule has 0 saturated heterocycles. The van der Waals surface area contributed by atoms with E-state index in [9.17, 15) is 0 Å². The number of halogens is 3. The molecule has 0 atom stereocenters. The van der Waals surface area contributed by atoms with Crippen LogP contribution < -0.4 is 71.9 Å². The minimum atomic E-state index is 0. The van der Waals surface area contributed by atoms with Gasteiger partial charge in [0.25, 0.3) is 0 Å². The standard InChI is InChI=1S/CH3.3HI.Sn/h1H3;3*1H;/q;;;;+3/p-3. The van der Waals surface area contributed by atoms with Gasteiger partial charge in [0.2, 0.25) is 0 Å². The Morgan fingerprint density at radius 3 is 0.800 bits per heavy atom. The average molecular weight is 514 g/mol. The summed E-state index contributed by atoms with van der Waals surface area (Å²) in [5.74, 6) is 0. The molecular formula is CH3I3Sn. The van der Waals surface area contributed by atoms with E-state index in [0.29, 0.717) is 0 Å². The third-order valence-electron chi connectivity index (χ3n) is 0. The molecule has 0 amide bonds. The van der Waals surface area contributed by atoms with Gasteiger partial charge in [0, 0.05) is 0 Å². The van der Waals surface area contributed by atoms with Gasteiger partial charge >= 0.3 is 27.5 Å². The van der Waals surface area contributed by atoms with Gasteiger partial charge < -0.3 is 71.9 Å². The van der Waals surface area contributed by atoms with E-state index in [1.165, 1.54) is 0 Å². The van der Waals surface area contributed by atoms with Crippen molar-refractivity contribution in [1.29, 1.82) is 0 Å². The van der Waals surface area contributed by atoms with Crippen molar-refractivity contribution >= 4 is 22.5 Å². The van der Waals surface area contributed by atoms with Crippen LogP contribution in [0.3, 0.4) is 0 Å². The molecule has 0 unspecified atom stereocenters. The van der Waals surface area contributed by atoms with Crippen molar-refractivity contribution in [1.82, 2.24) is 0 Å². The van der Waals surface area contributed by atoms with Crippen molar-refractivity contribution < 1.29 is 71.9 Å². The summed E-state index contributed by atoms with van der Waals surface area (Å²) >= 11 is 1.55. The van der Waals surface area contributed by atoms with E-state index in [1.807, 2.05) is 0 Å². The molecule has 0 radical (unpaired) electrons. The van der Waals surface area contributed by atoms with E-state index in [-0.39, 0.29) is 71.9 Å². The molecule has 0 fully saturated rings. The smallest absolute Gasteiger partial charge is 1.00 e. The van der Waals surface area contributed by atoms with Crippen LogP contribution in [0.25, 0.3) is 0 Å². The van der Waals surface area contributed by atoms with Crippen LogP contribution in [0.1, 0.15) is 0 Å². The summed E-state index contributed by atoms with van der Waals surface area (Å²) in [6.45, 7) is 0. The molecule has 0 N–H and O–H groups in total. The average Bonchev–Trinajstić information content (AvgIpc) is 1.00. The molecule has 0 aromatic carbocycles. The predicted molar refractivity (Wildman–Crippen MR) is 11.6 cm³/mol. The minimum absolute atomic E-state index is 0. The van der Waals surface area contributed by atoms with E-state index in [2.05, 4.69) is 4.94 Å². The van der Waals surface area contributed by atoms with Crippen LogP contribution in [-0.4, -0.2) is 22.5 Å². The molecule has 0 spiro atoms. The molecule has 0 aliphatic rings. The molecule has 0 aromatic heterocycles. The van der Waals surface area contributed by atoms with Gasteiger partial charge in [0.15, 0.2) is 0 Å². The molecule has 0 rings (SSSR count). The molecule has 0 aliphatic carbocycles. The van der Waals surface area contributed by atoms with E-state index in [4.69, 9.17) is 0 Å². The van der Waals surface area contributed by atoms with Gasteiger partial charge in [-0.1, -0.05) is 0 Å². The molecule has 5 heavy (non-hydrogen) atoms. The second kappa shape index (κ2) is 28.1. The van der Waals surface area contributed by atoms with Crippen molar-refractivity contribution in [2.24, 2.45) is 0 Å². The van der Waals surface area contributed by atoms with Crippen molar-refractivity contribution in [3.63, 3.8) is 0 Å². The minimum Gasteiger partial charge on any atom is -1.00 e.